The smallest absolute Gasteiger partial charge is 0.412 e. The van der Waals surface area contributed by atoms with Crippen LogP contribution in [0.1, 0.15) is 104 Å². The number of anilines is 2. The van der Waals surface area contributed by atoms with Crippen molar-refractivity contribution in [3.05, 3.63) is 36.4 Å². The van der Waals surface area contributed by atoms with Crippen molar-refractivity contribution < 1.29 is 56.2 Å². The molecule has 18 nitrogen and oxygen atoms in total. The van der Waals surface area contributed by atoms with Crippen LogP contribution in [0.3, 0.4) is 0 Å². The van der Waals surface area contributed by atoms with E-state index in [2.05, 4.69) is 27.3 Å². The molecular weight excluding hydrogens is 813 g/mol. The number of rotatable bonds is 14. The highest BCUT2D eigenvalue weighted by Crippen LogP contribution is 2.45. The maximum Gasteiger partial charge on any atom is 0.412 e. The summed E-state index contributed by atoms with van der Waals surface area (Å²) in [5, 5.41) is 7.37. The van der Waals surface area contributed by atoms with Gasteiger partial charge in [-0.2, -0.15) is 0 Å². The second-order valence-electron chi connectivity index (χ2n) is 18.3. The van der Waals surface area contributed by atoms with Gasteiger partial charge in [-0.05, 0) is 90.3 Å². The molecule has 4 aliphatic rings. The fourth-order valence-electron chi connectivity index (χ4n) is 7.67. The van der Waals surface area contributed by atoms with Crippen molar-refractivity contribution in [2.75, 3.05) is 36.5 Å². The van der Waals surface area contributed by atoms with Gasteiger partial charge in [0.15, 0.2) is 5.78 Å². The molecule has 1 aromatic carbocycles. The predicted octanol–water partition coefficient (Wildman–Crippen LogP) is 3.80. The van der Waals surface area contributed by atoms with Gasteiger partial charge in [-0.15, -0.1) is 6.58 Å². The summed E-state index contributed by atoms with van der Waals surface area (Å²) in [6.45, 7) is 17.9. The van der Waals surface area contributed by atoms with Gasteiger partial charge in [0.05, 0.1) is 35.7 Å². The summed E-state index contributed by atoms with van der Waals surface area (Å²) in [5.41, 5.74) is -2.31. The first kappa shape index (κ1) is 46.9. The minimum Gasteiger partial charge on any atom is -0.466 e. The van der Waals surface area contributed by atoms with Gasteiger partial charge in [-0.1, -0.05) is 26.8 Å². The van der Waals surface area contributed by atoms with E-state index in [0.29, 0.717) is 50.0 Å². The number of nitrogens with one attached hydrogen (secondary N) is 4. The summed E-state index contributed by atoms with van der Waals surface area (Å²) in [5.74, 6) is -3.82. The first-order chi connectivity index (χ1) is 28.4. The number of benzene rings is 1. The second kappa shape index (κ2) is 18.0. The summed E-state index contributed by atoms with van der Waals surface area (Å²) >= 11 is 0. The third kappa shape index (κ3) is 11.4. The van der Waals surface area contributed by atoms with Crippen LogP contribution in [0.5, 0.6) is 0 Å². The molecular formula is C42H60N6O12S. The molecule has 0 bridgehead atoms. The molecule has 0 radical (unpaired) electrons. The topological polar surface area (TPSA) is 236 Å². The zero-order valence-corrected chi connectivity index (χ0v) is 37.1. The van der Waals surface area contributed by atoms with Crippen molar-refractivity contribution in [3.63, 3.8) is 0 Å². The number of likely N-dealkylation sites (tertiary alicyclic amines) is 1. The SMILES string of the molecule is C=CC1CC1(NC(=O)C1CC(OC(=O)Nc2cc(C(C)=O)ccc2N2CCC(C(=O)OCC)CC2)CN1C(=O)C(NC(=O)OC(C)(C)C)C(C)(C)C)C(=O)NS(=O)(=O)C1CC1. The molecule has 2 saturated carbocycles. The lowest BCUT2D eigenvalue weighted by molar-refractivity contribution is -0.148. The number of piperidine rings is 1. The summed E-state index contributed by atoms with van der Waals surface area (Å²) in [7, 11) is -3.97. The third-order valence-electron chi connectivity index (χ3n) is 11.2. The maximum absolute atomic E-state index is 14.5. The second-order valence-corrected chi connectivity index (χ2v) is 20.3. The summed E-state index contributed by atoms with van der Waals surface area (Å²) < 4.78 is 44.1. The van der Waals surface area contributed by atoms with Crippen LogP contribution in [-0.2, 0) is 43.4 Å². The molecule has 336 valence electrons. The number of hydrogen-bond donors (Lipinski definition) is 4. The Bertz CT molecular complexity index is 2030. The Morgan fingerprint density at radius 2 is 1.64 bits per heavy atom. The van der Waals surface area contributed by atoms with Gasteiger partial charge in [-0.3, -0.25) is 34.0 Å². The molecule has 2 saturated heterocycles. The standard InChI is InChI=1S/C42H60N6O12S/c1-10-27-22-42(27,37(53)46-61(56,57)29-13-14-29)45-34(50)32-21-28(23-48(32)35(51)33(40(4,5)6)44-39(55)60-41(7,8)9)59-38(54)43-30-20-26(24(3)49)12-15-31(30)47-18-16-25(17-19-47)36(52)58-11-2/h10,12,15,20,25,27-29,32-33H,1,11,13-14,16-19,21-23H2,2-9H3,(H,43,54)(H,44,55)(H,45,50)(H,46,53). The normalized spacial score (nSPS) is 23.5. The average molecular weight is 873 g/mol. The average Bonchev–Trinajstić information content (AvgIpc) is 4.09. The number of amides is 5. The number of nitrogens with zero attached hydrogens (tertiary/aromatic N) is 2. The van der Waals surface area contributed by atoms with Crippen molar-refractivity contribution in [1.82, 2.24) is 20.3 Å². The number of carbonyl (C=O) groups is 7. The van der Waals surface area contributed by atoms with E-state index in [1.54, 1.807) is 60.6 Å². The molecule has 4 fully saturated rings. The van der Waals surface area contributed by atoms with Gasteiger partial charge in [-0.25, -0.2) is 18.0 Å². The summed E-state index contributed by atoms with van der Waals surface area (Å²) in [6.07, 6.45) is 0.204. The molecule has 61 heavy (non-hydrogen) atoms. The Morgan fingerprint density at radius 1 is 0.984 bits per heavy atom. The number of sulfonamides is 1. The van der Waals surface area contributed by atoms with E-state index < -0.39 is 85.8 Å². The molecule has 0 spiro atoms. The minimum absolute atomic E-state index is 0.0598. The number of esters is 1. The van der Waals surface area contributed by atoms with Gasteiger partial charge in [0.25, 0.3) is 5.91 Å². The van der Waals surface area contributed by atoms with Crippen molar-refractivity contribution in [3.8, 4) is 0 Å². The molecule has 5 unspecified atom stereocenters. The lowest BCUT2D eigenvalue weighted by Gasteiger charge is -2.36. The minimum atomic E-state index is -3.97. The molecule has 5 amide bonds. The highest BCUT2D eigenvalue weighted by molar-refractivity contribution is 7.91. The Morgan fingerprint density at radius 3 is 2.18 bits per heavy atom. The van der Waals surface area contributed by atoms with Crippen LogP contribution in [0.15, 0.2) is 30.9 Å². The number of ether oxygens (including phenoxy) is 3. The molecule has 2 heterocycles. The molecule has 0 aromatic heterocycles. The van der Waals surface area contributed by atoms with Crippen LogP contribution in [0, 0.1) is 17.3 Å². The molecule has 2 aliphatic carbocycles. The number of Topliss-reactive ketones (excluding diaryl/α,β-unsaturated/α-hetero) is 1. The van der Waals surface area contributed by atoms with Gasteiger partial charge in [0, 0.05) is 31.0 Å². The third-order valence-corrected chi connectivity index (χ3v) is 13.1. The highest BCUT2D eigenvalue weighted by Gasteiger charge is 2.62. The zero-order chi connectivity index (χ0) is 45.2. The molecule has 19 heteroatoms. The molecule has 2 aliphatic heterocycles. The van der Waals surface area contributed by atoms with E-state index >= 15 is 0 Å². The van der Waals surface area contributed by atoms with Gasteiger partial charge in [0.1, 0.15) is 29.3 Å². The summed E-state index contributed by atoms with van der Waals surface area (Å²) in [6, 6.07) is 2.28. The lowest BCUT2D eigenvalue weighted by Crippen LogP contribution is -2.60. The first-order valence-corrected chi connectivity index (χ1v) is 22.3. The fraction of sp³-hybridized carbons (Fsp3) is 0.643. The molecule has 5 rings (SSSR count). The summed E-state index contributed by atoms with van der Waals surface area (Å²) in [4.78, 5) is 97.1. The van der Waals surface area contributed by atoms with Crippen molar-refractivity contribution in [2.24, 2.45) is 17.3 Å². The largest absolute Gasteiger partial charge is 0.466 e. The number of hydrogen-bond acceptors (Lipinski definition) is 13. The van der Waals surface area contributed by atoms with Crippen molar-refractivity contribution in [2.45, 2.75) is 128 Å². The lowest BCUT2D eigenvalue weighted by atomic mass is 9.85. The maximum atomic E-state index is 14.5. The van der Waals surface area contributed by atoms with Crippen LogP contribution < -0.4 is 25.6 Å². The molecule has 4 N–H and O–H groups in total. The van der Waals surface area contributed by atoms with Crippen LogP contribution in [-0.4, -0.2) is 116 Å². The number of alkyl carbamates (subject to hydrolysis) is 1. The van der Waals surface area contributed by atoms with Gasteiger partial charge in [0.2, 0.25) is 21.8 Å². The van der Waals surface area contributed by atoms with Crippen LogP contribution >= 0.6 is 0 Å². The molecule has 5 atom stereocenters. The van der Waals surface area contributed by atoms with E-state index in [1.807, 2.05) is 4.90 Å². The van der Waals surface area contributed by atoms with Crippen molar-refractivity contribution in [1.29, 1.82) is 0 Å². The van der Waals surface area contributed by atoms with Gasteiger partial charge < -0.3 is 34.6 Å². The number of carbonyl (C=O) groups excluding carboxylic acids is 7. The van der Waals surface area contributed by atoms with E-state index in [4.69, 9.17) is 14.2 Å². The first-order valence-electron chi connectivity index (χ1n) is 20.7. The van der Waals surface area contributed by atoms with E-state index in [1.165, 1.54) is 24.0 Å². The Hall–Kier alpha value is -5.20. The monoisotopic (exact) mass is 872 g/mol. The van der Waals surface area contributed by atoms with E-state index in [0.717, 1.165) is 0 Å². The van der Waals surface area contributed by atoms with E-state index in [-0.39, 0.29) is 49.4 Å². The Labute approximate surface area is 357 Å². The van der Waals surface area contributed by atoms with E-state index in [9.17, 15) is 42.0 Å². The Balaban J connectivity index is 1.39. The fourth-order valence-corrected chi connectivity index (χ4v) is 9.04. The van der Waals surface area contributed by atoms with Crippen LogP contribution in [0.2, 0.25) is 0 Å². The van der Waals surface area contributed by atoms with Crippen LogP contribution in [0.4, 0.5) is 21.0 Å². The number of ketones is 1. The van der Waals surface area contributed by atoms with Crippen molar-refractivity contribution >= 4 is 63.1 Å². The predicted molar refractivity (Wildman–Crippen MR) is 224 cm³/mol. The highest BCUT2D eigenvalue weighted by atomic mass is 32.2. The van der Waals surface area contributed by atoms with Gasteiger partial charge >= 0.3 is 18.2 Å². The quantitative estimate of drug-likeness (QED) is 0.0903. The zero-order valence-electron chi connectivity index (χ0n) is 36.3. The Kier molecular flexibility index (Phi) is 13.8. The molecule has 1 aromatic rings. The van der Waals surface area contributed by atoms with Crippen LogP contribution in [0.25, 0.3) is 0 Å².